The molecule has 1 aliphatic rings. The van der Waals surface area contributed by atoms with Crippen molar-refractivity contribution in [1.82, 2.24) is 0 Å². The Hall–Kier alpha value is -0.620. The summed E-state index contributed by atoms with van der Waals surface area (Å²) in [5.41, 5.74) is -0.619. The maximum Gasteiger partial charge on any atom is 0.119 e. The van der Waals surface area contributed by atoms with Crippen molar-refractivity contribution in [3.05, 3.63) is 28.7 Å². The molecule has 5 heteroatoms. The zero-order chi connectivity index (χ0) is 13.0. The highest BCUT2D eigenvalue weighted by molar-refractivity contribution is 9.10. The molecule has 1 N–H and O–H groups in total. The van der Waals surface area contributed by atoms with Crippen molar-refractivity contribution >= 4 is 15.9 Å². The molecule has 2 rings (SSSR count). The summed E-state index contributed by atoms with van der Waals surface area (Å²) >= 11 is 3.37. The van der Waals surface area contributed by atoms with Gasteiger partial charge in [0.1, 0.15) is 24.1 Å². The lowest BCUT2D eigenvalue weighted by Gasteiger charge is -2.37. The summed E-state index contributed by atoms with van der Waals surface area (Å²) in [7, 11) is 0. The van der Waals surface area contributed by atoms with Crippen LogP contribution in [0.5, 0.6) is 5.75 Å². The van der Waals surface area contributed by atoms with Crippen molar-refractivity contribution in [3.63, 3.8) is 0 Å². The van der Waals surface area contributed by atoms with Gasteiger partial charge < -0.3 is 19.3 Å². The van der Waals surface area contributed by atoms with Crippen LogP contribution in [0.15, 0.2) is 28.7 Å². The Kier molecular flexibility index (Phi) is 4.61. The van der Waals surface area contributed by atoms with Crippen molar-refractivity contribution in [2.45, 2.75) is 18.6 Å². The first-order chi connectivity index (χ1) is 8.61. The fourth-order valence-corrected chi connectivity index (χ4v) is 2.03. The summed E-state index contributed by atoms with van der Waals surface area (Å²) in [5, 5.41) is 9.23. The molecule has 1 unspecified atom stereocenters. The Labute approximate surface area is 115 Å². The Morgan fingerprint density at radius 3 is 2.83 bits per heavy atom. The number of benzene rings is 1. The summed E-state index contributed by atoms with van der Waals surface area (Å²) in [6, 6.07) is 7.62. The number of aliphatic hydroxyl groups excluding tert-OH is 1. The zero-order valence-corrected chi connectivity index (χ0v) is 11.9. The second-order valence-corrected chi connectivity index (χ2v) is 5.54. The van der Waals surface area contributed by atoms with Gasteiger partial charge in [-0.05, 0) is 31.2 Å². The molecule has 1 aromatic rings. The van der Waals surface area contributed by atoms with E-state index in [1.54, 1.807) is 0 Å². The molecule has 2 atom stereocenters. The van der Waals surface area contributed by atoms with Gasteiger partial charge in [-0.25, -0.2) is 0 Å². The standard InChI is InChI=1S/C13H17BrO4/c1-13(8-15)9-16-6-12(18-13)7-17-11-4-2-10(14)3-5-11/h2-5,12,15H,6-9H2,1H3/t12-,13?/m0/s1. The lowest BCUT2D eigenvalue weighted by atomic mass is 10.1. The summed E-state index contributed by atoms with van der Waals surface area (Å²) in [6.07, 6.45) is -0.153. The lowest BCUT2D eigenvalue weighted by molar-refractivity contribution is -0.210. The molecule has 1 aromatic carbocycles. The summed E-state index contributed by atoms with van der Waals surface area (Å²) in [5.74, 6) is 0.790. The highest BCUT2D eigenvalue weighted by Gasteiger charge is 2.33. The predicted octanol–water partition coefficient (Wildman–Crippen LogP) is 1.99. The average Bonchev–Trinajstić information content (AvgIpc) is 2.38. The maximum absolute atomic E-state index is 9.23. The van der Waals surface area contributed by atoms with Crippen LogP contribution in [0.2, 0.25) is 0 Å². The number of hydrogen-bond donors (Lipinski definition) is 1. The molecule has 0 radical (unpaired) electrons. The van der Waals surface area contributed by atoms with Gasteiger partial charge in [0.15, 0.2) is 0 Å². The highest BCUT2D eigenvalue weighted by atomic mass is 79.9. The fourth-order valence-electron chi connectivity index (χ4n) is 1.76. The van der Waals surface area contributed by atoms with E-state index < -0.39 is 5.60 Å². The molecular formula is C13H17BrO4. The van der Waals surface area contributed by atoms with Crippen LogP contribution in [0.25, 0.3) is 0 Å². The van der Waals surface area contributed by atoms with Crippen LogP contribution in [-0.4, -0.2) is 43.2 Å². The summed E-state index contributed by atoms with van der Waals surface area (Å²) < 4.78 is 17.8. The van der Waals surface area contributed by atoms with E-state index in [0.717, 1.165) is 10.2 Å². The monoisotopic (exact) mass is 316 g/mol. The smallest absolute Gasteiger partial charge is 0.119 e. The largest absolute Gasteiger partial charge is 0.491 e. The van der Waals surface area contributed by atoms with Crippen molar-refractivity contribution in [2.24, 2.45) is 0 Å². The Bertz CT molecular complexity index is 381. The van der Waals surface area contributed by atoms with Gasteiger partial charge in [-0.2, -0.15) is 0 Å². The van der Waals surface area contributed by atoms with Crippen LogP contribution in [0, 0.1) is 0 Å². The molecule has 0 aliphatic carbocycles. The van der Waals surface area contributed by atoms with E-state index in [1.807, 2.05) is 31.2 Å². The molecular weight excluding hydrogens is 300 g/mol. The first-order valence-electron chi connectivity index (χ1n) is 5.86. The number of hydrogen-bond acceptors (Lipinski definition) is 4. The number of halogens is 1. The third-order valence-corrected chi connectivity index (χ3v) is 3.27. The average molecular weight is 317 g/mol. The van der Waals surface area contributed by atoms with Gasteiger partial charge in [0.05, 0.1) is 19.8 Å². The minimum Gasteiger partial charge on any atom is -0.491 e. The molecule has 1 heterocycles. The Morgan fingerprint density at radius 1 is 1.44 bits per heavy atom. The maximum atomic E-state index is 9.23. The molecule has 0 aromatic heterocycles. The van der Waals surface area contributed by atoms with E-state index >= 15 is 0 Å². The van der Waals surface area contributed by atoms with Crippen LogP contribution in [0.1, 0.15) is 6.92 Å². The van der Waals surface area contributed by atoms with Crippen molar-refractivity contribution in [1.29, 1.82) is 0 Å². The first kappa shape index (κ1) is 13.8. The van der Waals surface area contributed by atoms with Gasteiger partial charge in [-0.1, -0.05) is 15.9 Å². The van der Waals surface area contributed by atoms with E-state index in [9.17, 15) is 5.11 Å². The number of rotatable bonds is 4. The summed E-state index contributed by atoms with van der Waals surface area (Å²) in [6.45, 7) is 3.10. The quantitative estimate of drug-likeness (QED) is 0.923. The van der Waals surface area contributed by atoms with Gasteiger partial charge in [0.2, 0.25) is 0 Å². The van der Waals surface area contributed by atoms with Crippen molar-refractivity contribution in [3.8, 4) is 5.75 Å². The van der Waals surface area contributed by atoms with Crippen LogP contribution in [-0.2, 0) is 9.47 Å². The van der Waals surface area contributed by atoms with Gasteiger partial charge in [0.25, 0.3) is 0 Å². The highest BCUT2D eigenvalue weighted by Crippen LogP contribution is 2.21. The van der Waals surface area contributed by atoms with Gasteiger partial charge in [-0.3, -0.25) is 0 Å². The summed E-state index contributed by atoms with van der Waals surface area (Å²) in [4.78, 5) is 0. The van der Waals surface area contributed by atoms with Crippen LogP contribution >= 0.6 is 15.9 Å². The molecule has 0 spiro atoms. The molecule has 1 fully saturated rings. The number of ether oxygens (including phenoxy) is 3. The molecule has 18 heavy (non-hydrogen) atoms. The molecule has 0 bridgehead atoms. The zero-order valence-electron chi connectivity index (χ0n) is 10.3. The minimum absolute atomic E-state index is 0.0538. The van der Waals surface area contributed by atoms with Crippen LogP contribution < -0.4 is 4.74 Å². The van der Waals surface area contributed by atoms with E-state index in [1.165, 1.54) is 0 Å². The van der Waals surface area contributed by atoms with Crippen molar-refractivity contribution < 1.29 is 19.3 Å². The normalized spacial score (nSPS) is 28.1. The minimum atomic E-state index is -0.619. The van der Waals surface area contributed by atoms with Gasteiger partial charge in [0, 0.05) is 4.47 Å². The number of aliphatic hydroxyl groups is 1. The third-order valence-electron chi connectivity index (χ3n) is 2.75. The van der Waals surface area contributed by atoms with Crippen LogP contribution in [0.4, 0.5) is 0 Å². The van der Waals surface area contributed by atoms with Gasteiger partial charge in [-0.15, -0.1) is 0 Å². The Morgan fingerprint density at radius 2 is 2.17 bits per heavy atom. The predicted molar refractivity (Wildman–Crippen MR) is 70.8 cm³/mol. The van der Waals surface area contributed by atoms with Crippen molar-refractivity contribution in [2.75, 3.05) is 26.4 Å². The first-order valence-corrected chi connectivity index (χ1v) is 6.65. The second kappa shape index (κ2) is 6.02. The molecule has 1 aliphatic heterocycles. The molecule has 4 nitrogen and oxygen atoms in total. The topological polar surface area (TPSA) is 47.9 Å². The van der Waals surface area contributed by atoms with Gasteiger partial charge >= 0.3 is 0 Å². The fraction of sp³-hybridized carbons (Fsp3) is 0.538. The third kappa shape index (κ3) is 3.68. The van der Waals surface area contributed by atoms with Crippen LogP contribution in [0.3, 0.4) is 0 Å². The lowest BCUT2D eigenvalue weighted by Crippen LogP contribution is -2.49. The molecule has 0 amide bonds. The molecule has 1 saturated heterocycles. The van der Waals surface area contributed by atoms with E-state index in [0.29, 0.717) is 19.8 Å². The molecule has 100 valence electrons. The second-order valence-electron chi connectivity index (χ2n) is 4.63. The SMILES string of the molecule is CC1(CO)COC[C@@H](COc2ccc(Br)cc2)O1. The van der Waals surface area contributed by atoms with E-state index in [2.05, 4.69) is 15.9 Å². The van der Waals surface area contributed by atoms with E-state index in [-0.39, 0.29) is 12.7 Å². The Balaban J connectivity index is 1.85. The molecule has 0 saturated carbocycles. The van der Waals surface area contributed by atoms with E-state index in [4.69, 9.17) is 14.2 Å².